The maximum absolute atomic E-state index is 12.6. The second-order valence-electron chi connectivity index (χ2n) is 5.93. The van der Waals surface area contributed by atoms with Gasteiger partial charge in [-0.15, -0.1) is 0 Å². The summed E-state index contributed by atoms with van der Waals surface area (Å²) in [4.78, 5) is 28.2. The van der Waals surface area contributed by atoms with E-state index in [1.807, 2.05) is 11.8 Å². The summed E-state index contributed by atoms with van der Waals surface area (Å²) in [6.07, 6.45) is 2.03. The van der Waals surface area contributed by atoms with Crippen LogP contribution in [-0.2, 0) is 4.79 Å². The Hall–Kier alpha value is -2.24. The summed E-state index contributed by atoms with van der Waals surface area (Å²) in [6.45, 7) is 3.38. The summed E-state index contributed by atoms with van der Waals surface area (Å²) in [5.41, 5.74) is 0.224. The van der Waals surface area contributed by atoms with E-state index in [1.54, 1.807) is 36.3 Å². The average molecular weight is 303 g/mol. The molecule has 22 heavy (non-hydrogen) atoms. The van der Waals surface area contributed by atoms with E-state index >= 15 is 0 Å². The number of hydrogen-bond acceptors (Lipinski definition) is 3. The molecule has 2 heterocycles. The van der Waals surface area contributed by atoms with Gasteiger partial charge < -0.3 is 19.9 Å². The van der Waals surface area contributed by atoms with Crippen molar-refractivity contribution in [1.29, 1.82) is 0 Å². The number of carbonyl (C=O) groups is 2. The van der Waals surface area contributed by atoms with Crippen molar-refractivity contribution in [1.82, 2.24) is 9.80 Å². The van der Waals surface area contributed by atoms with Crippen LogP contribution in [0.2, 0.25) is 0 Å². The highest BCUT2D eigenvalue weighted by molar-refractivity contribution is 5.91. The molecule has 0 aromatic heterocycles. The summed E-state index contributed by atoms with van der Waals surface area (Å²) >= 11 is 0. The zero-order valence-electron chi connectivity index (χ0n) is 13.0. The molecule has 2 aliphatic rings. The number of urea groups is 1. The zero-order chi connectivity index (χ0) is 15.7. The fourth-order valence-electron chi connectivity index (χ4n) is 3.34. The first-order valence-electron chi connectivity index (χ1n) is 7.58. The molecule has 3 amide bonds. The minimum Gasteiger partial charge on any atom is -0.497 e. The molecule has 6 nitrogen and oxygen atoms in total. The second-order valence-corrected chi connectivity index (χ2v) is 5.93. The molecule has 118 valence electrons. The van der Waals surface area contributed by atoms with Gasteiger partial charge in [-0.1, -0.05) is 0 Å². The number of rotatable bonds is 2. The fourth-order valence-corrected chi connectivity index (χ4v) is 3.34. The molecule has 1 aromatic rings. The van der Waals surface area contributed by atoms with Crippen molar-refractivity contribution in [3.05, 3.63) is 24.3 Å². The third kappa shape index (κ3) is 2.38. The summed E-state index contributed by atoms with van der Waals surface area (Å²) in [6, 6.07) is 7.06. The predicted molar refractivity (Wildman–Crippen MR) is 82.7 cm³/mol. The van der Waals surface area contributed by atoms with Crippen molar-refractivity contribution < 1.29 is 14.3 Å². The van der Waals surface area contributed by atoms with Crippen molar-refractivity contribution >= 4 is 17.6 Å². The van der Waals surface area contributed by atoms with E-state index in [9.17, 15) is 9.59 Å². The van der Waals surface area contributed by atoms with Gasteiger partial charge in [0, 0.05) is 25.2 Å². The monoisotopic (exact) mass is 303 g/mol. The highest BCUT2D eigenvalue weighted by Gasteiger charge is 2.49. The van der Waals surface area contributed by atoms with Gasteiger partial charge in [-0.05, 0) is 44.0 Å². The Bertz CT molecular complexity index is 587. The van der Waals surface area contributed by atoms with Gasteiger partial charge in [-0.2, -0.15) is 0 Å². The van der Waals surface area contributed by atoms with Crippen LogP contribution in [0.3, 0.4) is 0 Å². The smallest absolute Gasteiger partial charge is 0.323 e. The van der Waals surface area contributed by atoms with E-state index in [4.69, 9.17) is 4.74 Å². The Morgan fingerprint density at radius 2 is 2.00 bits per heavy atom. The summed E-state index contributed by atoms with van der Waals surface area (Å²) in [5, 5.41) is 2.91. The molecule has 2 fully saturated rings. The van der Waals surface area contributed by atoms with Crippen LogP contribution in [0.25, 0.3) is 0 Å². The standard InChI is InChI=1S/C16H21N3O3/c1-16-9-8-14(20)18(16)10-3-11-19(16)15(21)17-12-4-6-13(22-2)7-5-12/h4-7H,3,8-11H2,1-2H3,(H,17,21). The van der Waals surface area contributed by atoms with Crippen LogP contribution in [0.4, 0.5) is 10.5 Å². The summed E-state index contributed by atoms with van der Waals surface area (Å²) in [7, 11) is 1.61. The number of fused-ring (bicyclic) bond motifs is 1. The molecule has 2 aliphatic heterocycles. The summed E-state index contributed by atoms with van der Waals surface area (Å²) in [5.74, 6) is 0.889. The van der Waals surface area contributed by atoms with Crippen LogP contribution in [-0.4, -0.2) is 47.6 Å². The van der Waals surface area contributed by atoms with Gasteiger partial charge in [-0.3, -0.25) is 4.79 Å². The normalized spacial score (nSPS) is 24.2. The van der Waals surface area contributed by atoms with E-state index in [1.165, 1.54) is 0 Å². The lowest BCUT2D eigenvalue weighted by Gasteiger charge is -2.48. The number of nitrogens with one attached hydrogen (secondary N) is 1. The number of carbonyl (C=O) groups excluding carboxylic acids is 2. The molecule has 0 bridgehead atoms. The number of amides is 3. The average Bonchev–Trinajstić information content (AvgIpc) is 2.83. The number of benzene rings is 1. The van der Waals surface area contributed by atoms with Gasteiger partial charge in [0.15, 0.2) is 0 Å². The van der Waals surface area contributed by atoms with E-state index in [-0.39, 0.29) is 11.9 Å². The van der Waals surface area contributed by atoms with Crippen LogP contribution >= 0.6 is 0 Å². The van der Waals surface area contributed by atoms with Gasteiger partial charge in [0.05, 0.1) is 7.11 Å². The first kappa shape index (κ1) is 14.7. The van der Waals surface area contributed by atoms with E-state index in [0.717, 1.165) is 24.4 Å². The van der Waals surface area contributed by atoms with Gasteiger partial charge in [0.1, 0.15) is 11.4 Å². The molecular weight excluding hydrogens is 282 g/mol. The number of hydrogen-bond donors (Lipinski definition) is 1. The molecule has 0 spiro atoms. The molecule has 1 N–H and O–H groups in total. The minimum absolute atomic E-state index is 0.143. The summed E-state index contributed by atoms with van der Waals surface area (Å²) < 4.78 is 5.11. The maximum atomic E-state index is 12.6. The van der Waals surface area contributed by atoms with E-state index in [0.29, 0.717) is 19.4 Å². The van der Waals surface area contributed by atoms with Crippen LogP contribution in [0.5, 0.6) is 5.75 Å². The van der Waals surface area contributed by atoms with Crippen LogP contribution in [0, 0.1) is 0 Å². The number of nitrogens with zero attached hydrogens (tertiary/aromatic N) is 2. The molecule has 6 heteroatoms. The van der Waals surface area contributed by atoms with Gasteiger partial charge in [-0.25, -0.2) is 4.79 Å². The Kier molecular flexibility index (Phi) is 3.68. The van der Waals surface area contributed by atoms with Gasteiger partial charge in [0.2, 0.25) is 5.91 Å². The minimum atomic E-state index is -0.494. The lowest BCUT2D eigenvalue weighted by molar-refractivity contribution is -0.137. The Labute approximate surface area is 130 Å². The number of anilines is 1. The molecule has 0 radical (unpaired) electrons. The Morgan fingerprint density at radius 1 is 1.27 bits per heavy atom. The Morgan fingerprint density at radius 3 is 2.68 bits per heavy atom. The van der Waals surface area contributed by atoms with Crippen molar-refractivity contribution in [3.8, 4) is 5.75 Å². The third-order valence-corrected chi connectivity index (χ3v) is 4.63. The molecule has 1 unspecified atom stereocenters. The van der Waals surface area contributed by atoms with Crippen molar-refractivity contribution in [2.45, 2.75) is 31.8 Å². The first-order valence-corrected chi connectivity index (χ1v) is 7.58. The van der Waals surface area contributed by atoms with Crippen LogP contribution < -0.4 is 10.1 Å². The highest BCUT2D eigenvalue weighted by Crippen LogP contribution is 2.36. The lowest BCUT2D eigenvalue weighted by atomic mass is 10.0. The van der Waals surface area contributed by atoms with Gasteiger partial charge >= 0.3 is 6.03 Å². The second kappa shape index (κ2) is 5.51. The largest absolute Gasteiger partial charge is 0.497 e. The highest BCUT2D eigenvalue weighted by atomic mass is 16.5. The molecule has 3 rings (SSSR count). The quantitative estimate of drug-likeness (QED) is 0.911. The third-order valence-electron chi connectivity index (χ3n) is 4.63. The molecule has 1 atom stereocenters. The molecular formula is C16H21N3O3. The fraction of sp³-hybridized carbons (Fsp3) is 0.500. The van der Waals surface area contributed by atoms with Crippen molar-refractivity contribution in [2.24, 2.45) is 0 Å². The molecule has 0 saturated carbocycles. The van der Waals surface area contributed by atoms with Crippen LogP contribution in [0.15, 0.2) is 24.3 Å². The van der Waals surface area contributed by atoms with Crippen molar-refractivity contribution in [2.75, 3.05) is 25.5 Å². The molecule has 0 aliphatic carbocycles. The Balaban J connectivity index is 1.74. The first-order chi connectivity index (χ1) is 10.5. The predicted octanol–water partition coefficient (Wildman–Crippen LogP) is 2.27. The van der Waals surface area contributed by atoms with Gasteiger partial charge in [0.25, 0.3) is 0 Å². The van der Waals surface area contributed by atoms with Crippen molar-refractivity contribution in [3.63, 3.8) is 0 Å². The van der Waals surface area contributed by atoms with E-state index in [2.05, 4.69) is 5.32 Å². The number of methoxy groups -OCH3 is 1. The lowest BCUT2D eigenvalue weighted by Crippen LogP contribution is -2.63. The van der Waals surface area contributed by atoms with Crippen LogP contribution in [0.1, 0.15) is 26.2 Å². The maximum Gasteiger partial charge on any atom is 0.323 e. The topological polar surface area (TPSA) is 61.9 Å². The van der Waals surface area contributed by atoms with E-state index < -0.39 is 5.66 Å². The number of ether oxygens (including phenoxy) is 1. The SMILES string of the molecule is COc1ccc(NC(=O)N2CCCN3C(=O)CCC32C)cc1. The molecule has 1 aromatic carbocycles. The zero-order valence-corrected chi connectivity index (χ0v) is 13.0. The molecule has 2 saturated heterocycles.